The van der Waals surface area contributed by atoms with E-state index in [4.69, 9.17) is 4.74 Å². The molecule has 2 fully saturated rings. The van der Waals surface area contributed by atoms with Crippen LogP contribution in [0.4, 0.5) is 0 Å². The van der Waals surface area contributed by atoms with Crippen LogP contribution in [-0.4, -0.2) is 61.5 Å². The molecule has 0 spiro atoms. The van der Waals surface area contributed by atoms with E-state index in [1.807, 2.05) is 11.8 Å². The highest BCUT2D eigenvalue weighted by Crippen LogP contribution is 2.26. The lowest BCUT2D eigenvalue weighted by atomic mass is 9.88. The van der Waals surface area contributed by atoms with Crippen LogP contribution in [-0.2, 0) is 14.3 Å². The van der Waals surface area contributed by atoms with Gasteiger partial charge < -0.3 is 14.5 Å². The fourth-order valence-corrected chi connectivity index (χ4v) is 4.15. The number of unbranched alkanes of at least 4 members (excludes halogenated alkanes) is 1. The monoisotopic (exact) mass is 352 g/mol. The number of likely N-dealkylation sites (tertiary alicyclic amines) is 1. The van der Waals surface area contributed by atoms with Gasteiger partial charge in [0, 0.05) is 19.0 Å². The molecule has 0 N–H and O–H groups in total. The number of methoxy groups -OCH3 is 1. The van der Waals surface area contributed by atoms with Gasteiger partial charge in [-0.25, -0.2) is 0 Å². The van der Waals surface area contributed by atoms with Crippen molar-refractivity contribution in [2.75, 3.05) is 39.8 Å². The first-order chi connectivity index (χ1) is 12.1. The second-order valence-corrected chi connectivity index (χ2v) is 7.80. The lowest BCUT2D eigenvalue weighted by Crippen LogP contribution is -2.42. The van der Waals surface area contributed by atoms with Crippen LogP contribution in [0.2, 0.25) is 0 Å². The molecule has 0 aromatic heterocycles. The number of rotatable bonds is 9. The second-order valence-electron chi connectivity index (χ2n) is 7.80. The van der Waals surface area contributed by atoms with Crippen LogP contribution in [0.1, 0.15) is 64.7 Å². The molecular formula is C20H36N2O3. The highest BCUT2D eigenvalue weighted by Gasteiger charge is 2.28. The Morgan fingerprint density at radius 3 is 2.40 bits per heavy atom. The van der Waals surface area contributed by atoms with E-state index in [-0.39, 0.29) is 23.7 Å². The number of carbonyl (C=O) groups is 2. The maximum absolute atomic E-state index is 13.0. The Kier molecular flexibility index (Phi) is 8.73. The molecule has 1 amide bonds. The fraction of sp³-hybridized carbons (Fsp3) is 0.900. The summed E-state index contributed by atoms with van der Waals surface area (Å²) in [5.41, 5.74) is 0. The number of carbonyl (C=O) groups excluding carboxylic acids is 2. The third-order valence-electron chi connectivity index (χ3n) is 5.71. The third-order valence-corrected chi connectivity index (χ3v) is 5.71. The van der Waals surface area contributed by atoms with Gasteiger partial charge in [-0.05, 0) is 58.2 Å². The Balaban J connectivity index is 1.83. The van der Waals surface area contributed by atoms with Crippen molar-refractivity contribution < 1.29 is 14.3 Å². The summed E-state index contributed by atoms with van der Waals surface area (Å²) in [4.78, 5) is 29.2. The van der Waals surface area contributed by atoms with Crippen LogP contribution < -0.4 is 0 Å². The summed E-state index contributed by atoms with van der Waals surface area (Å²) in [6.07, 6.45) is 10.4. The molecule has 25 heavy (non-hydrogen) atoms. The van der Waals surface area contributed by atoms with Crippen molar-refractivity contribution >= 4 is 11.9 Å². The van der Waals surface area contributed by atoms with Crippen molar-refractivity contribution in [2.45, 2.75) is 64.7 Å². The SMILES string of the molecule is COC(=O)C(C)CN(CCCCN1CCCC1)C(=O)C1CCCCC1. The lowest BCUT2D eigenvalue weighted by molar-refractivity contribution is -0.147. The number of hydrogen-bond donors (Lipinski definition) is 0. The fourth-order valence-electron chi connectivity index (χ4n) is 4.15. The Labute approximate surface area is 153 Å². The van der Waals surface area contributed by atoms with Crippen LogP contribution in [0.15, 0.2) is 0 Å². The molecule has 2 aliphatic rings. The molecule has 5 heteroatoms. The zero-order valence-corrected chi connectivity index (χ0v) is 16.2. The van der Waals surface area contributed by atoms with E-state index in [1.165, 1.54) is 39.5 Å². The minimum atomic E-state index is -0.254. The Bertz CT molecular complexity index is 415. The normalized spacial score (nSPS) is 20.4. The molecule has 0 aromatic rings. The van der Waals surface area contributed by atoms with E-state index >= 15 is 0 Å². The quantitative estimate of drug-likeness (QED) is 0.473. The van der Waals surface area contributed by atoms with Gasteiger partial charge in [0.15, 0.2) is 0 Å². The standard InChI is InChI=1S/C20H36N2O3/c1-17(20(24)25-2)16-22(19(23)18-10-4-3-5-11-18)15-9-8-14-21-12-6-7-13-21/h17-18H,3-16H2,1-2H3. The number of amides is 1. The number of hydrogen-bond acceptors (Lipinski definition) is 4. The minimum Gasteiger partial charge on any atom is -0.469 e. The number of esters is 1. The molecule has 1 aliphatic heterocycles. The van der Waals surface area contributed by atoms with E-state index in [1.54, 1.807) is 0 Å². The summed E-state index contributed by atoms with van der Waals surface area (Å²) in [6, 6.07) is 0. The van der Waals surface area contributed by atoms with Crippen LogP contribution in [0.3, 0.4) is 0 Å². The molecule has 1 heterocycles. The molecule has 1 aliphatic carbocycles. The van der Waals surface area contributed by atoms with Crippen LogP contribution >= 0.6 is 0 Å². The van der Waals surface area contributed by atoms with Crippen molar-refractivity contribution in [1.82, 2.24) is 9.80 Å². The van der Waals surface area contributed by atoms with Gasteiger partial charge in [-0.3, -0.25) is 9.59 Å². The Morgan fingerprint density at radius 1 is 1.08 bits per heavy atom. The summed E-state index contributed by atoms with van der Waals surface area (Å²) < 4.78 is 4.85. The van der Waals surface area contributed by atoms with Gasteiger partial charge in [-0.15, -0.1) is 0 Å². The molecule has 0 aromatic carbocycles. The largest absolute Gasteiger partial charge is 0.469 e. The highest BCUT2D eigenvalue weighted by atomic mass is 16.5. The van der Waals surface area contributed by atoms with Gasteiger partial charge in [-0.1, -0.05) is 26.2 Å². The average molecular weight is 353 g/mol. The predicted octanol–water partition coefficient (Wildman–Crippen LogP) is 3.08. The minimum absolute atomic E-state index is 0.164. The van der Waals surface area contributed by atoms with Crippen LogP contribution in [0.25, 0.3) is 0 Å². The van der Waals surface area contributed by atoms with E-state index in [0.717, 1.165) is 51.6 Å². The molecule has 144 valence electrons. The molecule has 1 saturated heterocycles. The molecule has 2 rings (SSSR count). The van der Waals surface area contributed by atoms with E-state index in [0.29, 0.717) is 6.54 Å². The number of ether oxygens (including phenoxy) is 1. The third kappa shape index (κ3) is 6.61. The first kappa shape index (κ1) is 20.2. The van der Waals surface area contributed by atoms with Crippen LogP contribution in [0.5, 0.6) is 0 Å². The molecule has 0 bridgehead atoms. The van der Waals surface area contributed by atoms with Gasteiger partial charge in [0.05, 0.1) is 13.0 Å². The summed E-state index contributed by atoms with van der Waals surface area (Å²) in [6.45, 7) is 6.71. The van der Waals surface area contributed by atoms with Gasteiger partial charge in [0.2, 0.25) is 5.91 Å². The zero-order chi connectivity index (χ0) is 18.1. The average Bonchev–Trinajstić information content (AvgIpc) is 3.17. The lowest BCUT2D eigenvalue weighted by Gasteiger charge is -2.31. The zero-order valence-electron chi connectivity index (χ0n) is 16.2. The Hall–Kier alpha value is -1.10. The molecular weight excluding hydrogens is 316 g/mol. The van der Waals surface area contributed by atoms with Gasteiger partial charge in [-0.2, -0.15) is 0 Å². The van der Waals surface area contributed by atoms with Crippen molar-refractivity contribution in [3.05, 3.63) is 0 Å². The molecule has 1 atom stereocenters. The van der Waals surface area contributed by atoms with Crippen LogP contribution in [0, 0.1) is 11.8 Å². The molecule has 1 saturated carbocycles. The highest BCUT2D eigenvalue weighted by molar-refractivity contribution is 5.80. The smallest absolute Gasteiger partial charge is 0.310 e. The molecule has 1 unspecified atom stereocenters. The van der Waals surface area contributed by atoms with E-state index in [9.17, 15) is 9.59 Å². The van der Waals surface area contributed by atoms with Gasteiger partial charge >= 0.3 is 5.97 Å². The summed E-state index contributed by atoms with van der Waals surface area (Å²) in [5, 5.41) is 0. The van der Waals surface area contributed by atoms with Crippen molar-refractivity contribution in [3.63, 3.8) is 0 Å². The van der Waals surface area contributed by atoms with Gasteiger partial charge in [0.1, 0.15) is 0 Å². The second kappa shape index (κ2) is 10.8. The summed E-state index contributed by atoms with van der Waals surface area (Å²) >= 11 is 0. The Morgan fingerprint density at radius 2 is 1.76 bits per heavy atom. The van der Waals surface area contributed by atoms with Crippen molar-refractivity contribution in [3.8, 4) is 0 Å². The van der Waals surface area contributed by atoms with Crippen molar-refractivity contribution in [1.29, 1.82) is 0 Å². The van der Waals surface area contributed by atoms with Gasteiger partial charge in [0.25, 0.3) is 0 Å². The van der Waals surface area contributed by atoms with Crippen molar-refractivity contribution in [2.24, 2.45) is 11.8 Å². The maximum Gasteiger partial charge on any atom is 0.310 e. The van der Waals surface area contributed by atoms with E-state index < -0.39 is 0 Å². The maximum atomic E-state index is 13.0. The first-order valence-corrected chi connectivity index (χ1v) is 10.2. The number of nitrogens with zero attached hydrogens (tertiary/aromatic N) is 2. The summed E-state index contributed by atoms with van der Waals surface area (Å²) in [7, 11) is 1.42. The summed E-state index contributed by atoms with van der Waals surface area (Å²) in [5.74, 6) is -0.0524. The van der Waals surface area contributed by atoms with E-state index in [2.05, 4.69) is 4.90 Å². The topological polar surface area (TPSA) is 49.9 Å². The molecule has 0 radical (unpaired) electrons. The first-order valence-electron chi connectivity index (χ1n) is 10.2. The predicted molar refractivity (Wildman–Crippen MR) is 99.2 cm³/mol. The molecule has 5 nitrogen and oxygen atoms in total.